The summed E-state index contributed by atoms with van der Waals surface area (Å²) >= 11 is 0. The number of esters is 1. The number of nitriles is 1. The van der Waals surface area contributed by atoms with Crippen LogP contribution in [0.15, 0.2) is 0 Å². The molecule has 0 spiro atoms. The van der Waals surface area contributed by atoms with Crippen molar-refractivity contribution < 1.29 is 14.6 Å². The molecular weight excluding hydrogens is 134 g/mol. The van der Waals surface area contributed by atoms with Gasteiger partial charge in [0.15, 0.2) is 5.92 Å². The summed E-state index contributed by atoms with van der Waals surface area (Å²) < 4.78 is 4.24. The van der Waals surface area contributed by atoms with Crippen LogP contribution in [0.4, 0.5) is 0 Å². The van der Waals surface area contributed by atoms with Gasteiger partial charge < -0.3 is 9.84 Å². The predicted octanol–water partition coefficient (Wildman–Crippen LogP) is -0.320. The van der Waals surface area contributed by atoms with E-state index in [9.17, 15) is 4.79 Å². The Labute approximate surface area is 59.0 Å². The molecule has 0 aromatic heterocycles. The summed E-state index contributed by atoms with van der Waals surface area (Å²) in [6.45, 7) is 1.37. The van der Waals surface area contributed by atoms with Crippen molar-refractivity contribution in [3.05, 3.63) is 0 Å². The molecule has 0 aliphatic carbocycles. The molecule has 0 aromatic rings. The van der Waals surface area contributed by atoms with Gasteiger partial charge in [0.1, 0.15) is 0 Å². The summed E-state index contributed by atoms with van der Waals surface area (Å²) in [5.41, 5.74) is 0. The molecule has 0 rings (SSSR count). The van der Waals surface area contributed by atoms with Gasteiger partial charge >= 0.3 is 5.97 Å². The molecular formula is C6H9NO3. The van der Waals surface area contributed by atoms with E-state index in [2.05, 4.69) is 4.74 Å². The maximum atomic E-state index is 10.6. The first-order chi connectivity index (χ1) is 4.63. The summed E-state index contributed by atoms with van der Waals surface area (Å²) in [7, 11) is 1.18. The molecule has 1 N–H and O–H groups in total. The Hall–Kier alpha value is -1.08. The molecule has 0 saturated heterocycles. The lowest BCUT2D eigenvalue weighted by Crippen LogP contribution is -2.25. The van der Waals surface area contributed by atoms with Crippen molar-refractivity contribution in [2.24, 2.45) is 5.92 Å². The van der Waals surface area contributed by atoms with Crippen LogP contribution >= 0.6 is 0 Å². The fraction of sp³-hybridized carbons (Fsp3) is 0.667. The van der Waals surface area contributed by atoms with Crippen molar-refractivity contribution >= 4 is 5.97 Å². The number of hydrogen-bond acceptors (Lipinski definition) is 4. The zero-order chi connectivity index (χ0) is 8.15. The summed E-state index contributed by atoms with van der Waals surface area (Å²) in [5.74, 6) is -1.76. The number of rotatable bonds is 2. The Morgan fingerprint density at radius 1 is 1.80 bits per heavy atom. The van der Waals surface area contributed by atoms with Crippen LogP contribution in [0.25, 0.3) is 0 Å². The first-order valence-corrected chi connectivity index (χ1v) is 2.79. The Balaban J connectivity index is 4.11. The normalized spacial score (nSPS) is 15.0. The van der Waals surface area contributed by atoms with E-state index in [4.69, 9.17) is 10.4 Å². The molecule has 10 heavy (non-hydrogen) atoms. The molecule has 0 heterocycles. The highest BCUT2D eigenvalue weighted by atomic mass is 16.5. The fourth-order valence-electron chi connectivity index (χ4n) is 0.484. The van der Waals surface area contributed by atoms with Gasteiger partial charge in [-0.25, -0.2) is 0 Å². The predicted molar refractivity (Wildman–Crippen MR) is 32.8 cm³/mol. The minimum absolute atomic E-state index is 0.697. The molecule has 0 fully saturated rings. The average molecular weight is 143 g/mol. The molecule has 0 amide bonds. The highest BCUT2D eigenvalue weighted by Gasteiger charge is 2.23. The van der Waals surface area contributed by atoms with E-state index < -0.39 is 18.0 Å². The van der Waals surface area contributed by atoms with Crippen LogP contribution in [0.2, 0.25) is 0 Å². The Morgan fingerprint density at radius 3 is 2.40 bits per heavy atom. The summed E-state index contributed by atoms with van der Waals surface area (Å²) in [6.07, 6.45) is -0.975. The first-order valence-electron chi connectivity index (χ1n) is 2.79. The lowest BCUT2D eigenvalue weighted by Gasteiger charge is -2.07. The summed E-state index contributed by atoms with van der Waals surface area (Å²) in [6, 6.07) is 1.63. The number of nitrogens with zero attached hydrogens (tertiary/aromatic N) is 1. The van der Waals surface area contributed by atoms with E-state index in [1.54, 1.807) is 6.07 Å². The molecule has 0 unspecified atom stereocenters. The van der Waals surface area contributed by atoms with Crippen LogP contribution in [0.5, 0.6) is 0 Å². The monoisotopic (exact) mass is 143 g/mol. The first kappa shape index (κ1) is 8.92. The molecule has 0 saturated carbocycles. The fourth-order valence-corrected chi connectivity index (χ4v) is 0.484. The third-order valence-corrected chi connectivity index (χ3v) is 1.08. The third-order valence-electron chi connectivity index (χ3n) is 1.08. The maximum absolute atomic E-state index is 10.6. The van der Waals surface area contributed by atoms with Gasteiger partial charge in [-0.1, -0.05) is 0 Å². The highest BCUT2D eigenvalue weighted by molar-refractivity contribution is 5.75. The maximum Gasteiger partial charge on any atom is 0.325 e. The van der Waals surface area contributed by atoms with E-state index in [-0.39, 0.29) is 0 Å². The lowest BCUT2D eigenvalue weighted by atomic mass is 10.1. The molecule has 0 aliphatic rings. The minimum atomic E-state index is -1.06. The SMILES string of the molecule is COC(=O)[C@H](C#N)[C@H](C)O. The van der Waals surface area contributed by atoms with Crippen LogP contribution in [0.3, 0.4) is 0 Å². The molecule has 0 radical (unpaired) electrons. The minimum Gasteiger partial charge on any atom is -0.468 e. The Bertz CT molecular complexity index is 159. The van der Waals surface area contributed by atoms with Crippen molar-refractivity contribution in [2.45, 2.75) is 13.0 Å². The van der Waals surface area contributed by atoms with Gasteiger partial charge in [-0.2, -0.15) is 5.26 Å². The molecule has 0 bridgehead atoms. The number of carbonyl (C=O) groups excluding carboxylic acids is 1. The largest absolute Gasteiger partial charge is 0.468 e. The second-order valence-corrected chi connectivity index (χ2v) is 1.87. The zero-order valence-corrected chi connectivity index (χ0v) is 5.87. The molecule has 56 valence electrons. The number of aliphatic hydroxyl groups excluding tert-OH is 1. The molecule has 0 aromatic carbocycles. The number of ether oxygens (including phenoxy) is 1. The van der Waals surface area contributed by atoms with Crippen LogP contribution in [-0.2, 0) is 9.53 Å². The summed E-state index contributed by atoms with van der Waals surface area (Å²) in [5, 5.41) is 17.1. The molecule has 2 atom stereocenters. The van der Waals surface area contributed by atoms with E-state index >= 15 is 0 Å². The van der Waals surface area contributed by atoms with Crippen LogP contribution in [-0.4, -0.2) is 24.3 Å². The van der Waals surface area contributed by atoms with E-state index in [0.29, 0.717) is 0 Å². The van der Waals surface area contributed by atoms with Crippen molar-refractivity contribution in [3.63, 3.8) is 0 Å². The van der Waals surface area contributed by atoms with E-state index in [1.165, 1.54) is 14.0 Å². The lowest BCUT2D eigenvalue weighted by molar-refractivity contribution is -0.146. The van der Waals surface area contributed by atoms with E-state index in [1.807, 2.05) is 0 Å². The quantitative estimate of drug-likeness (QED) is 0.538. The van der Waals surface area contributed by atoms with Gasteiger partial charge in [0.25, 0.3) is 0 Å². The zero-order valence-electron chi connectivity index (χ0n) is 5.87. The van der Waals surface area contributed by atoms with Crippen molar-refractivity contribution in [1.82, 2.24) is 0 Å². The molecule has 4 nitrogen and oxygen atoms in total. The molecule has 4 heteroatoms. The third kappa shape index (κ3) is 2.03. The average Bonchev–Trinajstić information content (AvgIpc) is 1.88. The van der Waals surface area contributed by atoms with Gasteiger partial charge in [-0.15, -0.1) is 0 Å². The van der Waals surface area contributed by atoms with Gasteiger partial charge in [-0.3, -0.25) is 4.79 Å². The number of hydrogen-bond donors (Lipinski definition) is 1. The van der Waals surface area contributed by atoms with Crippen molar-refractivity contribution in [3.8, 4) is 6.07 Å². The molecule has 0 aliphatic heterocycles. The Morgan fingerprint density at radius 2 is 2.30 bits per heavy atom. The topological polar surface area (TPSA) is 70.3 Å². The summed E-state index contributed by atoms with van der Waals surface area (Å²) in [4.78, 5) is 10.6. The van der Waals surface area contributed by atoms with E-state index in [0.717, 1.165) is 0 Å². The van der Waals surface area contributed by atoms with Gasteiger partial charge in [0.2, 0.25) is 0 Å². The standard InChI is InChI=1S/C6H9NO3/c1-4(8)5(3-7)6(9)10-2/h4-5,8H,1-2H3/t4-,5+/m0/s1. The van der Waals surface area contributed by atoms with Crippen LogP contribution in [0.1, 0.15) is 6.92 Å². The smallest absolute Gasteiger partial charge is 0.325 e. The van der Waals surface area contributed by atoms with Crippen molar-refractivity contribution in [1.29, 1.82) is 5.26 Å². The number of aliphatic hydroxyl groups is 1. The Kier molecular flexibility index (Phi) is 3.44. The van der Waals surface area contributed by atoms with Gasteiger partial charge in [0, 0.05) is 0 Å². The number of carbonyl (C=O) groups is 1. The van der Waals surface area contributed by atoms with Gasteiger partial charge in [-0.05, 0) is 6.92 Å². The second-order valence-electron chi connectivity index (χ2n) is 1.87. The van der Waals surface area contributed by atoms with Gasteiger partial charge in [0.05, 0.1) is 19.3 Å². The van der Waals surface area contributed by atoms with Crippen LogP contribution < -0.4 is 0 Å². The van der Waals surface area contributed by atoms with Crippen molar-refractivity contribution in [2.75, 3.05) is 7.11 Å². The number of methoxy groups -OCH3 is 1. The van der Waals surface area contributed by atoms with Crippen LogP contribution in [0, 0.1) is 17.2 Å². The second kappa shape index (κ2) is 3.85. The highest BCUT2D eigenvalue weighted by Crippen LogP contribution is 2.02.